The summed E-state index contributed by atoms with van der Waals surface area (Å²) in [4.78, 5) is 0.122. The van der Waals surface area contributed by atoms with E-state index in [1.165, 1.54) is 10.4 Å². The molecular weight excluding hydrogens is 330 g/mol. The topological polar surface area (TPSA) is 75.4 Å². The molecule has 1 heterocycles. The molecule has 1 fully saturated rings. The molecule has 1 saturated heterocycles. The molecule has 0 amide bonds. The summed E-state index contributed by atoms with van der Waals surface area (Å²) < 4.78 is 28.9. The fourth-order valence-corrected chi connectivity index (χ4v) is 4.13. The van der Waals surface area contributed by atoms with Gasteiger partial charge in [-0.15, -0.1) is 0 Å². The van der Waals surface area contributed by atoms with Crippen LogP contribution in [0.25, 0.3) is 0 Å². The molecule has 1 atom stereocenters. The molecule has 3 N–H and O–H groups in total. The predicted octanol–water partition coefficient (Wildman–Crippen LogP) is 2.36. The van der Waals surface area contributed by atoms with Gasteiger partial charge in [0.1, 0.15) is 4.99 Å². The van der Waals surface area contributed by atoms with Crippen LogP contribution in [0.3, 0.4) is 0 Å². The van der Waals surface area contributed by atoms with Crippen molar-refractivity contribution in [3.63, 3.8) is 0 Å². The van der Waals surface area contributed by atoms with Crippen LogP contribution in [0.2, 0.25) is 5.02 Å². The average Bonchev–Trinajstić information content (AvgIpc) is 2.38. The molecule has 0 bridgehead atoms. The van der Waals surface area contributed by atoms with Crippen molar-refractivity contribution in [2.45, 2.75) is 19.8 Å². The molecule has 8 heteroatoms. The smallest absolute Gasteiger partial charge is 0.301 e. The molecule has 1 aliphatic rings. The summed E-state index contributed by atoms with van der Waals surface area (Å²) >= 11 is 10.9. The zero-order chi connectivity index (χ0) is 15.6. The minimum Gasteiger partial charge on any atom is -0.389 e. The lowest BCUT2D eigenvalue weighted by Crippen LogP contribution is -2.42. The van der Waals surface area contributed by atoms with Crippen molar-refractivity contribution >= 4 is 44.7 Å². The minimum absolute atomic E-state index is 0.122. The number of hydrogen-bond acceptors (Lipinski definition) is 3. The number of hydrogen-bond donors (Lipinski definition) is 2. The standard InChI is InChI=1S/C13H18ClN3O2S2/c1-9-3-2-6-17(8-9)21(18,19)16-12-7-10(14)4-5-11(12)13(15)20/h4-5,7,9,16H,2-3,6,8H2,1H3,(H2,15,20). The zero-order valence-corrected chi connectivity index (χ0v) is 14.1. The maximum absolute atomic E-state index is 12.5. The van der Waals surface area contributed by atoms with Crippen LogP contribution in [0, 0.1) is 5.92 Å². The summed E-state index contributed by atoms with van der Waals surface area (Å²) in [6.07, 6.45) is 1.90. The first kappa shape index (κ1) is 16.5. The van der Waals surface area contributed by atoms with E-state index in [0.29, 0.717) is 35.3 Å². The van der Waals surface area contributed by atoms with Crippen LogP contribution in [0.1, 0.15) is 25.3 Å². The van der Waals surface area contributed by atoms with Crippen molar-refractivity contribution in [1.82, 2.24) is 4.31 Å². The van der Waals surface area contributed by atoms with Crippen LogP contribution in [-0.2, 0) is 10.2 Å². The number of nitrogens with zero attached hydrogens (tertiary/aromatic N) is 1. The van der Waals surface area contributed by atoms with Crippen molar-refractivity contribution in [3.05, 3.63) is 28.8 Å². The first-order chi connectivity index (χ1) is 9.79. The van der Waals surface area contributed by atoms with Gasteiger partial charge in [-0.3, -0.25) is 4.72 Å². The van der Waals surface area contributed by atoms with E-state index in [4.69, 9.17) is 29.6 Å². The number of piperidine rings is 1. The van der Waals surface area contributed by atoms with E-state index in [9.17, 15) is 8.42 Å². The maximum Gasteiger partial charge on any atom is 0.301 e. The Hall–Kier alpha value is -0.890. The number of nitrogens with two attached hydrogens (primary N) is 1. The summed E-state index contributed by atoms with van der Waals surface area (Å²) in [6.45, 7) is 3.07. The number of nitrogens with one attached hydrogen (secondary N) is 1. The summed E-state index contributed by atoms with van der Waals surface area (Å²) in [5.74, 6) is 0.352. The van der Waals surface area contributed by atoms with E-state index in [2.05, 4.69) is 4.72 Å². The van der Waals surface area contributed by atoms with Crippen molar-refractivity contribution in [2.24, 2.45) is 11.7 Å². The lowest BCUT2D eigenvalue weighted by Gasteiger charge is -2.30. The van der Waals surface area contributed by atoms with Crippen molar-refractivity contribution < 1.29 is 8.42 Å². The summed E-state index contributed by atoms with van der Waals surface area (Å²) in [7, 11) is -3.63. The maximum atomic E-state index is 12.5. The van der Waals surface area contributed by atoms with Gasteiger partial charge in [-0.1, -0.05) is 30.7 Å². The Morgan fingerprint density at radius 3 is 2.86 bits per heavy atom. The van der Waals surface area contributed by atoms with Crippen molar-refractivity contribution in [2.75, 3.05) is 17.8 Å². The largest absolute Gasteiger partial charge is 0.389 e. The van der Waals surface area contributed by atoms with Gasteiger partial charge in [0.05, 0.1) is 5.69 Å². The number of halogens is 1. The Morgan fingerprint density at radius 2 is 2.24 bits per heavy atom. The Bertz CT molecular complexity index is 649. The van der Waals surface area contributed by atoms with Crippen LogP contribution in [-0.4, -0.2) is 30.8 Å². The Morgan fingerprint density at radius 1 is 1.52 bits per heavy atom. The van der Waals surface area contributed by atoms with Gasteiger partial charge in [-0.05, 0) is 37.0 Å². The van der Waals surface area contributed by atoms with Gasteiger partial charge >= 0.3 is 10.2 Å². The fourth-order valence-electron chi connectivity index (χ4n) is 2.38. The van der Waals surface area contributed by atoms with E-state index in [0.717, 1.165) is 12.8 Å². The molecule has 21 heavy (non-hydrogen) atoms. The van der Waals surface area contributed by atoms with E-state index in [1.807, 2.05) is 6.92 Å². The highest BCUT2D eigenvalue weighted by atomic mass is 35.5. The van der Waals surface area contributed by atoms with E-state index in [-0.39, 0.29) is 4.99 Å². The van der Waals surface area contributed by atoms with E-state index in [1.54, 1.807) is 12.1 Å². The molecule has 0 aromatic heterocycles. The minimum atomic E-state index is -3.63. The van der Waals surface area contributed by atoms with Gasteiger partial charge < -0.3 is 5.73 Å². The Balaban J connectivity index is 2.28. The number of benzene rings is 1. The molecule has 2 rings (SSSR count). The van der Waals surface area contributed by atoms with Gasteiger partial charge in [0.25, 0.3) is 0 Å². The Kier molecular flexibility index (Phi) is 5.08. The third kappa shape index (κ3) is 4.06. The number of anilines is 1. The molecule has 0 aliphatic carbocycles. The van der Waals surface area contributed by atoms with Crippen LogP contribution in [0.4, 0.5) is 5.69 Å². The summed E-state index contributed by atoms with van der Waals surface area (Å²) in [5, 5.41) is 0.416. The van der Waals surface area contributed by atoms with Crippen LogP contribution < -0.4 is 10.5 Å². The summed E-state index contributed by atoms with van der Waals surface area (Å²) in [6, 6.07) is 4.75. The lowest BCUT2D eigenvalue weighted by atomic mass is 10.0. The van der Waals surface area contributed by atoms with Gasteiger partial charge in [-0.25, -0.2) is 0 Å². The second-order valence-corrected chi connectivity index (χ2v) is 7.81. The van der Waals surface area contributed by atoms with Crippen molar-refractivity contribution in [1.29, 1.82) is 0 Å². The monoisotopic (exact) mass is 347 g/mol. The lowest BCUT2D eigenvalue weighted by molar-refractivity contribution is 0.282. The quantitative estimate of drug-likeness (QED) is 0.820. The highest BCUT2D eigenvalue weighted by Gasteiger charge is 2.27. The SMILES string of the molecule is CC1CCCN(S(=O)(=O)Nc2cc(Cl)ccc2C(N)=S)C1. The third-order valence-electron chi connectivity index (χ3n) is 3.45. The van der Waals surface area contributed by atoms with Gasteiger partial charge in [0.15, 0.2) is 0 Å². The first-order valence-corrected chi connectivity index (χ1v) is 8.89. The van der Waals surface area contributed by atoms with Crippen molar-refractivity contribution in [3.8, 4) is 0 Å². The first-order valence-electron chi connectivity index (χ1n) is 6.67. The zero-order valence-electron chi connectivity index (χ0n) is 11.7. The highest BCUT2D eigenvalue weighted by molar-refractivity contribution is 7.90. The molecule has 1 unspecified atom stereocenters. The number of rotatable bonds is 4. The third-order valence-corrected chi connectivity index (χ3v) is 5.39. The molecule has 1 aromatic carbocycles. The van der Waals surface area contributed by atoms with E-state index < -0.39 is 10.2 Å². The van der Waals surface area contributed by atoms with Gasteiger partial charge in [-0.2, -0.15) is 12.7 Å². The van der Waals surface area contributed by atoms with E-state index >= 15 is 0 Å². The molecule has 0 spiro atoms. The number of thiocarbonyl (C=S) groups is 1. The molecule has 0 saturated carbocycles. The normalized spacial score (nSPS) is 20.2. The predicted molar refractivity (Wildman–Crippen MR) is 89.9 cm³/mol. The Labute approximate surface area is 135 Å². The molecule has 1 aliphatic heterocycles. The van der Waals surface area contributed by atoms with Crippen LogP contribution in [0.15, 0.2) is 18.2 Å². The molecule has 116 valence electrons. The fraction of sp³-hybridized carbons (Fsp3) is 0.462. The average molecular weight is 348 g/mol. The second-order valence-electron chi connectivity index (χ2n) is 5.27. The molecule has 0 radical (unpaired) electrons. The molecule has 5 nitrogen and oxygen atoms in total. The van der Waals surface area contributed by atoms with Crippen LogP contribution in [0.5, 0.6) is 0 Å². The van der Waals surface area contributed by atoms with Gasteiger partial charge in [0.2, 0.25) is 0 Å². The highest BCUT2D eigenvalue weighted by Crippen LogP contribution is 2.25. The second kappa shape index (κ2) is 6.48. The molecule has 1 aromatic rings. The summed E-state index contributed by atoms with van der Waals surface area (Å²) in [5.41, 5.74) is 6.40. The van der Waals surface area contributed by atoms with Crippen LogP contribution >= 0.6 is 23.8 Å². The van der Waals surface area contributed by atoms with Gasteiger partial charge in [0, 0.05) is 23.7 Å². The molecular formula is C13H18ClN3O2S2.